The summed E-state index contributed by atoms with van der Waals surface area (Å²) in [6, 6.07) is 7.63. The van der Waals surface area contributed by atoms with Crippen LogP contribution in [0.1, 0.15) is 32.3 Å². The summed E-state index contributed by atoms with van der Waals surface area (Å²) in [5.41, 5.74) is 0.918. The lowest BCUT2D eigenvalue weighted by Crippen LogP contribution is -2.43. The smallest absolute Gasteiger partial charge is 0.417 e. The molecule has 144 valence electrons. The number of imide groups is 1. The van der Waals surface area contributed by atoms with E-state index < -0.39 is 14.4 Å². The molecule has 1 aliphatic rings. The van der Waals surface area contributed by atoms with Gasteiger partial charge in [-0.05, 0) is 24.2 Å². The first-order valence-corrected chi connectivity index (χ1v) is 11.7. The van der Waals surface area contributed by atoms with Crippen LogP contribution in [0.4, 0.5) is 4.79 Å². The predicted octanol–water partition coefficient (Wildman–Crippen LogP) is 3.78. The van der Waals surface area contributed by atoms with Crippen molar-refractivity contribution in [3.8, 4) is 5.75 Å². The molecule has 0 saturated carbocycles. The lowest BCUT2D eigenvalue weighted by Gasteiger charge is -2.37. The van der Waals surface area contributed by atoms with Gasteiger partial charge >= 0.3 is 6.09 Å². The third kappa shape index (κ3) is 4.45. The molecule has 1 aliphatic heterocycles. The van der Waals surface area contributed by atoms with Gasteiger partial charge < -0.3 is 13.9 Å². The molecule has 1 fully saturated rings. The maximum atomic E-state index is 12.0. The van der Waals surface area contributed by atoms with Crippen LogP contribution >= 0.6 is 0 Å². The number of cyclic esters (lactones) is 1. The van der Waals surface area contributed by atoms with E-state index in [2.05, 4.69) is 33.9 Å². The van der Waals surface area contributed by atoms with Crippen molar-refractivity contribution in [2.24, 2.45) is 0 Å². The van der Waals surface area contributed by atoms with Crippen LogP contribution < -0.4 is 4.74 Å². The quantitative estimate of drug-likeness (QED) is 0.675. The number of para-hydroxylation sites is 1. The van der Waals surface area contributed by atoms with E-state index in [1.165, 1.54) is 0 Å². The number of hydrogen-bond acceptors (Lipinski definition) is 5. The molecule has 1 aromatic rings. The number of rotatable bonds is 7. The molecule has 0 N–H and O–H groups in total. The Morgan fingerprint density at radius 3 is 2.42 bits per heavy atom. The van der Waals surface area contributed by atoms with Crippen LogP contribution in [0.15, 0.2) is 24.3 Å². The number of carbonyl (C=O) groups is 2. The molecule has 7 heteroatoms. The van der Waals surface area contributed by atoms with E-state index >= 15 is 0 Å². The second-order valence-corrected chi connectivity index (χ2v) is 12.9. The highest BCUT2D eigenvalue weighted by Crippen LogP contribution is 2.38. The van der Waals surface area contributed by atoms with Gasteiger partial charge in [0.15, 0.2) is 14.9 Å². The first-order valence-electron chi connectivity index (χ1n) is 8.81. The van der Waals surface area contributed by atoms with E-state index in [0.29, 0.717) is 6.61 Å². The number of methoxy groups -OCH3 is 1. The van der Waals surface area contributed by atoms with Gasteiger partial charge in [-0.3, -0.25) is 4.79 Å². The van der Waals surface area contributed by atoms with E-state index in [-0.39, 0.29) is 30.0 Å². The summed E-state index contributed by atoms with van der Waals surface area (Å²) in [5.74, 6) is 0.216. The van der Waals surface area contributed by atoms with Gasteiger partial charge in [-0.25, -0.2) is 9.69 Å². The fourth-order valence-corrected chi connectivity index (χ4v) is 3.60. The van der Waals surface area contributed by atoms with Crippen LogP contribution in [-0.2, 0) is 14.0 Å². The van der Waals surface area contributed by atoms with E-state index in [4.69, 9.17) is 13.9 Å². The van der Waals surface area contributed by atoms with Gasteiger partial charge in [-0.15, -0.1) is 0 Å². The summed E-state index contributed by atoms with van der Waals surface area (Å²) >= 11 is 0. The normalized spacial score (nSPS) is 16.6. The van der Waals surface area contributed by atoms with Crippen LogP contribution in [0.25, 0.3) is 0 Å². The monoisotopic (exact) mass is 379 g/mol. The Morgan fingerprint density at radius 2 is 1.88 bits per heavy atom. The molecule has 0 bridgehead atoms. The molecule has 1 heterocycles. The molecule has 1 unspecified atom stereocenters. The molecule has 26 heavy (non-hydrogen) atoms. The van der Waals surface area contributed by atoms with Crippen LogP contribution in [0.3, 0.4) is 0 Å². The molecule has 0 radical (unpaired) electrons. The Morgan fingerprint density at radius 1 is 1.23 bits per heavy atom. The third-order valence-electron chi connectivity index (χ3n) is 5.27. The van der Waals surface area contributed by atoms with Gasteiger partial charge in [0, 0.05) is 24.6 Å². The molecule has 6 nitrogen and oxygen atoms in total. The van der Waals surface area contributed by atoms with Crippen molar-refractivity contribution in [1.82, 2.24) is 4.90 Å². The summed E-state index contributed by atoms with van der Waals surface area (Å²) in [7, 11) is -0.367. The van der Waals surface area contributed by atoms with Crippen LogP contribution in [0.5, 0.6) is 5.75 Å². The van der Waals surface area contributed by atoms with Crippen molar-refractivity contribution in [2.75, 3.05) is 26.9 Å². The SMILES string of the molecule is COc1ccccc1C(CO[Si](C)(C)C(C)(C)C)CN1C(=O)COC1=O. The van der Waals surface area contributed by atoms with Gasteiger partial charge in [-0.1, -0.05) is 39.0 Å². The molecule has 0 aliphatic carbocycles. The Balaban J connectivity index is 2.27. The number of carbonyl (C=O) groups excluding carboxylic acids is 2. The van der Waals surface area contributed by atoms with Crippen LogP contribution in [0, 0.1) is 0 Å². The highest BCUT2D eigenvalue weighted by molar-refractivity contribution is 6.74. The molecule has 1 atom stereocenters. The van der Waals surface area contributed by atoms with E-state index in [1.54, 1.807) is 7.11 Å². The fourth-order valence-electron chi connectivity index (χ4n) is 2.55. The molecule has 0 aromatic heterocycles. The van der Waals surface area contributed by atoms with E-state index in [9.17, 15) is 9.59 Å². The Bertz CT molecular complexity index is 652. The lowest BCUT2D eigenvalue weighted by atomic mass is 9.98. The number of hydrogen-bond donors (Lipinski definition) is 0. The second-order valence-electron chi connectivity index (χ2n) is 8.07. The van der Waals surface area contributed by atoms with E-state index in [0.717, 1.165) is 16.2 Å². The average Bonchev–Trinajstić information content (AvgIpc) is 2.89. The molecule has 1 saturated heterocycles. The highest BCUT2D eigenvalue weighted by Gasteiger charge is 2.39. The maximum Gasteiger partial charge on any atom is 0.417 e. The van der Waals surface area contributed by atoms with Gasteiger partial charge in [0.1, 0.15) is 5.75 Å². The summed E-state index contributed by atoms with van der Waals surface area (Å²) in [6.07, 6.45) is -0.595. The Hall–Kier alpha value is -1.86. The zero-order valence-corrected chi connectivity index (χ0v) is 17.5. The zero-order valence-electron chi connectivity index (χ0n) is 16.5. The largest absolute Gasteiger partial charge is 0.496 e. The zero-order chi connectivity index (χ0) is 19.5. The van der Waals surface area contributed by atoms with Crippen LogP contribution in [-0.4, -0.2) is 52.1 Å². The van der Waals surface area contributed by atoms with E-state index in [1.807, 2.05) is 24.3 Å². The number of amides is 2. The molecular formula is C19H29NO5Si. The number of nitrogens with zero attached hydrogens (tertiary/aromatic N) is 1. The molecule has 1 aromatic carbocycles. The minimum Gasteiger partial charge on any atom is -0.496 e. The minimum atomic E-state index is -1.98. The average molecular weight is 380 g/mol. The molecule has 2 rings (SSSR count). The minimum absolute atomic E-state index is 0.0702. The summed E-state index contributed by atoms with van der Waals surface area (Å²) in [5, 5.41) is 0.0702. The Kier molecular flexibility index (Phi) is 6.13. The Labute approximate surface area is 156 Å². The molecule has 2 amide bonds. The van der Waals surface area contributed by atoms with Crippen molar-refractivity contribution in [3.05, 3.63) is 29.8 Å². The van der Waals surface area contributed by atoms with Crippen LogP contribution in [0.2, 0.25) is 18.1 Å². The number of benzene rings is 1. The van der Waals surface area contributed by atoms with Crippen molar-refractivity contribution in [3.63, 3.8) is 0 Å². The van der Waals surface area contributed by atoms with Gasteiger partial charge in [0.2, 0.25) is 0 Å². The van der Waals surface area contributed by atoms with Gasteiger partial charge in [-0.2, -0.15) is 0 Å². The van der Waals surface area contributed by atoms with Crippen molar-refractivity contribution in [2.45, 2.75) is 44.8 Å². The van der Waals surface area contributed by atoms with Crippen molar-refractivity contribution >= 4 is 20.3 Å². The first-order chi connectivity index (χ1) is 12.1. The predicted molar refractivity (Wildman–Crippen MR) is 102 cm³/mol. The van der Waals surface area contributed by atoms with Crippen molar-refractivity contribution in [1.29, 1.82) is 0 Å². The summed E-state index contributed by atoms with van der Waals surface area (Å²) < 4.78 is 16.7. The molecular weight excluding hydrogens is 350 g/mol. The summed E-state index contributed by atoms with van der Waals surface area (Å²) in [4.78, 5) is 25.0. The third-order valence-corrected chi connectivity index (χ3v) is 9.77. The maximum absolute atomic E-state index is 12.0. The van der Waals surface area contributed by atoms with Gasteiger partial charge in [0.25, 0.3) is 5.91 Å². The standard InChI is InChI=1S/C19H29NO5Si/c1-19(2,3)26(5,6)25-12-14(11-20-17(21)13-24-18(20)22)15-9-7-8-10-16(15)23-4/h7-10,14H,11-13H2,1-6H3. The first kappa shape index (κ1) is 20.4. The number of ether oxygens (including phenoxy) is 2. The fraction of sp³-hybridized carbons (Fsp3) is 0.579. The summed E-state index contributed by atoms with van der Waals surface area (Å²) in [6.45, 7) is 11.3. The second kappa shape index (κ2) is 7.80. The molecule has 0 spiro atoms. The highest BCUT2D eigenvalue weighted by atomic mass is 28.4. The van der Waals surface area contributed by atoms with Gasteiger partial charge in [0.05, 0.1) is 7.11 Å². The topological polar surface area (TPSA) is 65.1 Å². The van der Waals surface area contributed by atoms with Crippen molar-refractivity contribution < 1.29 is 23.5 Å². The lowest BCUT2D eigenvalue weighted by molar-refractivity contribution is -0.126.